The Labute approximate surface area is 172 Å². The monoisotopic (exact) mass is 422 g/mol. The molecule has 148 valence electrons. The maximum absolute atomic E-state index is 11.3. The molecular weight excluding hydrogens is 403 g/mol. The number of aromatic nitrogens is 1. The fourth-order valence-electron chi connectivity index (χ4n) is 4.58. The van der Waals surface area contributed by atoms with Crippen molar-refractivity contribution < 1.29 is 19.2 Å². The predicted octanol–water partition coefficient (Wildman–Crippen LogP) is 5.18. The van der Waals surface area contributed by atoms with E-state index in [1.807, 2.05) is 0 Å². The van der Waals surface area contributed by atoms with Crippen LogP contribution in [-0.2, 0) is 11.3 Å². The molecule has 1 aliphatic heterocycles. The van der Waals surface area contributed by atoms with Gasteiger partial charge in [0.1, 0.15) is 11.5 Å². The average molecular weight is 423 g/mol. The highest BCUT2D eigenvalue weighted by atomic mass is 35.5. The summed E-state index contributed by atoms with van der Waals surface area (Å²) in [5, 5.41) is 14.6. The van der Waals surface area contributed by atoms with E-state index in [-0.39, 0.29) is 18.1 Å². The van der Waals surface area contributed by atoms with E-state index in [9.17, 15) is 9.90 Å². The Hall–Kier alpha value is -1.76. The number of carboxylic acid groups (broad SMARTS) is 1. The standard InChI is InChI=1S/C20H20Cl2N2O4/c21-14-2-1-3-15(22)17(14)18-13(19(28-23-18)10-4-5-10)9-27-16-7-12-6-11(16)8-24(12)20(25)26/h1-3,10-12,16H,4-9H2,(H,25,26)/t11?,12?,16-/m1/s1. The molecule has 2 unspecified atom stereocenters. The van der Waals surface area contributed by atoms with Gasteiger partial charge in [-0.05, 0) is 37.8 Å². The van der Waals surface area contributed by atoms with Gasteiger partial charge in [0.15, 0.2) is 0 Å². The molecule has 2 bridgehead atoms. The lowest BCUT2D eigenvalue weighted by Crippen LogP contribution is -2.41. The van der Waals surface area contributed by atoms with E-state index >= 15 is 0 Å². The minimum absolute atomic E-state index is 0.0529. The second kappa shape index (κ2) is 6.94. The van der Waals surface area contributed by atoms with Crippen molar-refractivity contribution >= 4 is 29.3 Å². The molecule has 2 aromatic rings. The van der Waals surface area contributed by atoms with E-state index < -0.39 is 6.09 Å². The lowest BCUT2D eigenvalue weighted by Gasteiger charge is -2.29. The molecule has 8 heteroatoms. The van der Waals surface area contributed by atoms with Gasteiger partial charge in [-0.3, -0.25) is 0 Å². The van der Waals surface area contributed by atoms with Crippen molar-refractivity contribution in [3.05, 3.63) is 39.6 Å². The Morgan fingerprint density at radius 2 is 2.04 bits per heavy atom. The third-order valence-electron chi connectivity index (χ3n) is 6.13. The zero-order valence-corrected chi connectivity index (χ0v) is 16.6. The smallest absolute Gasteiger partial charge is 0.407 e. The quantitative estimate of drug-likeness (QED) is 0.717. The van der Waals surface area contributed by atoms with Gasteiger partial charge in [0.2, 0.25) is 0 Å². The molecule has 28 heavy (non-hydrogen) atoms. The predicted molar refractivity (Wildman–Crippen MR) is 104 cm³/mol. The van der Waals surface area contributed by atoms with E-state index in [0.717, 1.165) is 37.0 Å². The third-order valence-corrected chi connectivity index (χ3v) is 6.76. The first kappa shape index (κ1) is 18.3. The van der Waals surface area contributed by atoms with Gasteiger partial charge in [-0.2, -0.15) is 0 Å². The van der Waals surface area contributed by atoms with Crippen LogP contribution in [0.15, 0.2) is 22.7 Å². The fourth-order valence-corrected chi connectivity index (χ4v) is 5.16. The summed E-state index contributed by atoms with van der Waals surface area (Å²) in [5.41, 5.74) is 2.23. The van der Waals surface area contributed by atoms with Crippen LogP contribution in [0, 0.1) is 5.92 Å². The molecule has 3 aliphatic rings. The van der Waals surface area contributed by atoms with Gasteiger partial charge >= 0.3 is 6.09 Å². The number of rotatable bonds is 5. The minimum atomic E-state index is -0.836. The fraction of sp³-hybridized carbons (Fsp3) is 0.500. The lowest BCUT2D eigenvalue weighted by molar-refractivity contribution is -0.00788. The molecule has 2 aliphatic carbocycles. The highest BCUT2D eigenvalue weighted by molar-refractivity contribution is 6.39. The number of likely N-dealkylation sites (tertiary alicyclic amines) is 1. The summed E-state index contributed by atoms with van der Waals surface area (Å²) in [5.74, 6) is 1.49. The topological polar surface area (TPSA) is 75.8 Å². The first-order valence-electron chi connectivity index (χ1n) is 9.57. The van der Waals surface area contributed by atoms with E-state index in [1.54, 1.807) is 18.2 Å². The molecule has 1 aromatic carbocycles. The first-order chi connectivity index (χ1) is 13.5. The van der Waals surface area contributed by atoms with Gasteiger partial charge in [0, 0.05) is 35.5 Å². The van der Waals surface area contributed by atoms with Crippen LogP contribution in [0.2, 0.25) is 10.0 Å². The van der Waals surface area contributed by atoms with Gasteiger partial charge in [0.25, 0.3) is 0 Å². The maximum atomic E-state index is 11.3. The summed E-state index contributed by atoms with van der Waals surface area (Å²) in [7, 11) is 0. The second-order valence-electron chi connectivity index (χ2n) is 7.91. The van der Waals surface area contributed by atoms with E-state index in [2.05, 4.69) is 5.16 Å². The minimum Gasteiger partial charge on any atom is -0.465 e. The first-order valence-corrected chi connectivity index (χ1v) is 10.3. The van der Waals surface area contributed by atoms with E-state index in [0.29, 0.717) is 40.4 Å². The van der Waals surface area contributed by atoms with E-state index in [1.165, 1.54) is 4.90 Å². The molecule has 5 rings (SSSR count). The van der Waals surface area contributed by atoms with Crippen LogP contribution in [0.5, 0.6) is 0 Å². The molecule has 0 radical (unpaired) electrons. The number of fused-ring (bicyclic) bond motifs is 2. The largest absolute Gasteiger partial charge is 0.465 e. The van der Waals surface area contributed by atoms with Crippen molar-refractivity contribution in [3.8, 4) is 11.3 Å². The summed E-state index contributed by atoms with van der Waals surface area (Å²) in [6, 6.07) is 5.44. The van der Waals surface area contributed by atoms with Crippen molar-refractivity contribution in [1.82, 2.24) is 10.1 Å². The van der Waals surface area contributed by atoms with Crippen molar-refractivity contribution in [2.45, 2.75) is 50.4 Å². The number of hydrogen-bond acceptors (Lipinski definition) is 4. The number of amides is 1. The molecule has 1 N–H and O–H groups in total. The number of nitrogens with zero attached hydrogens (tertiary/aromatic N) is 2. The number of ether oxygens (including phenoxy) is 1. The van der Waals surface area contributed by atoms with Crippen LogP contribution in [0.1, 0.15) is 42.9 Å². The van der Waals surface area contributed by atoms with Crippen molar-refractivity contribution in [3.63, 3.8) is 0 Å². The molecule has 6 nitrogen and oxygen atoms in total. The summed E-state index contributed by atoms with van der Waals surface area (Å²) < 4.78 is 11.9. The zero-order valence-electron chi connectivity index (χ0n) is 15.1. The normalized spacial score (nSPS) is 26.2. The van der Waals surface area contributed by atoms with E-state index in [4.69, 9.17) is 32.5 Å². The number of hydrogen-bond donors (Lipinski definition) is 1. The summed E-state index contributed by atoms with van der Waals surface area (Å²) in [6.45, 7) is 0.917. The molecule has 1 aromatic heterocycles. The lowest BCUT2D eigenvalue weighted by atomic mass is 10.0. The Balaban J connectivity index is 1.38. The van der Waals surface area contributed by atoms with Crippen LogP contribution in [-0.4, -0.2) is 39.9 Å². The Kier molecular flexibility index (Phi) is 4.53. The Morgan fingerprint density at radius 3 is 2.64 bits per heavy atom. The van der Waals surface area contributed by atoms with Gasteiger partial charge in [0.05, 0.1) is 22.8 Å². The van der Waals surface area contributed by atoms with Crippen LogP contribution in [0.25, 0.3) is 11.3 Å². The molecule has 0 spiro atoms. The molecule has 3 fully saturated rings. The highest BCUT2D eigenvalue weighted by Gasteiger charge is 2.47. The Morgan fingerprint density at radius 1 is 1.29 bits per heavy atom. The zero-order chi connectivity index (χ0) is 19.4. The molecule has 2 heterocycles. The highest BCUT2D eigenvalue weighted by Crippen LogP contribution is 2.47. The molecular formula is C20H20Cl2N2O4. The van der Waals surface area contributed by atoms with Crippen LogP contribution < -0.4 is 0 Å². The molecule has 1 amide bonds. The summed E-state index contributed by atoms with van der Waals surface area (Å²) in [4.78, 5) is 12.8. The van der Waals surface area contributed by atoms with Gasteiger partial charge in [-0.15, -0.1) is 0 Å². The van der Waals surface area contributed by atoms with Crippen LogP contribution in [0.3, 0.4) is 0 Å². The second-order valence-corrected chi connectivity index (χ2v) is 8.73. The van der Waals surface area contributed by atoms with Crippen LogP contribution in [0.4, 0.5) is 4.79 Å². The van der Waals surface area contributed by atoms with Gasteiger partial charge in [-0.25, -0.2) is 4.79 Å². The number of benzene rings is 1. The molecule has 2 saturated carbocycles. The maximum Gasteiger partial charge on any atom is 0.407 e. The summed E-state index contributed by atoms with van der Waals surface area (Å²) in [6.07, 6.45) is 3.00. The van der Waals surface area contributed by atoms with Crippen molar-refractivity contribution in [1.29, 1.82) is 0 Å². The number of piperidine rings is 1. The molecule has 3 atom stereocenters. The van der Waals surface area contributed by atoms with Crippen molar-refractivity contribution in [2.75, 3.05) is 6.54 Å². The average Bonchev–Trinajstić information content (AvgIpc) is 3.11. The molecule has 1 saturated heterocycles. The number of halogens is 2. The SMILES string of the molecule is O=C(O)N1CC2CC1C[C@H]2OCc1c(-c2c(Cl)cccc2Cl)noc1C1CC1. The number of carbonyl (C=O) groups is 1. The van der Waals surface area contributed by atoms with Crippen LogP contribution >= 0.6 is 23.2 Å². The Bertz CT molecular complexity index is 907. The van der Waals surface area contributed by atoms with Gasteiger partial charge < -0.3 is 19.3 Å². The van der Waals surface area contributed by atoms with Crippen molar-refractivity contribution in [2.24, 2.45) is 5.92 Å². The van der Waals surface area contributed by atoms with Gasteiger partial charge in [-0.1, -0.05) is 34.4 Å². The third kappa shape index (κ3) is 3.08. The summed E-state index contributed by atoms with van der Waals surface area (Å²) >= 11 is 12.8.